The molecule has 1 heterocycles. The van der Waals surface area contributed by atoms with Gasteiger partial charge in [0.05, 0.1) is 13.1 Å². The van der Waals surface area contributed by atoms with Crippen molar-refractivity contribution in [3.8, 4) is 0 Å². The second-order valence-electron chi connectivity index (χ2n) is 5.62. The van der Waals surface area contributed by atoms with E-state index in [4.69, 9.17) is 17.3 Å². The topological polar surface area (TPSA) is 153 Å². The molecule has 1 aromatic heterocycles. The summed E-state index contributed by atoms with van der Waals surface area (Å²) in [5.41, 5.74) is 12.5. The first-order chi connectivity index (χ1) is 9.63. The Bertz CT molecular complexity index is 523. The predicted molar refractivity (Wildman–Crippen MR) is 79.1 cm³/mol. The molecular formula is C12H21N7O2. The van der Waals surface area contributed by atoms with Crippen molar-refractivity contribution >= 4 is 23.5 Å². The highest BCUT2D eigenvalue weighted by molar-refractivity contribution is 5.84. The summed E-state index contributed by atoms with van der Waals surface area (Å²) in [5.74, 6) is 5.41. The van der Waals surface area contributed by atoms with E-state index in [1.54, 1.807) is 0 Å². The number of carbonyl (C=O) groups is 2. The Morgan fingerprint density at radius 2 is 1.71 bits per heavy atom. The van der Waals surface area contributed by atoms with Crippen molar-refractivity contribution in [3.05, 3.63) is 11.9 Å². The number of hydrazine groups is 1. The van der Waals surface area contributed by atoms with Crippen LogP contribution in [0.1, 0.15) is 26.6 Å². The molecule has 0 radical (unpaired) electrons. The van der Waals surface area contributed by atoms with Gasteiger partial charge in [0.2, 0.25) is 11.8 Å². The number of nitrogens with one attached hydrogen (secondary N) is 1. The maximum absolute atomic E-state index is 11.1. The average Bonchev–Trinajstić information content (AvgIpc) is 2.35. The predicted octanol–water partition coefficient (Wildman–Crippen LogP) is -1.16. The summed E-state index contributed by atoms with van der Waals surface area (Å²) in [5, 5.41) is 0. The van der Waals surface area contributed by atoms with Gasteiger partial charge in [-0.2, -0.15) is 0 Å². The molecule has 116 valence electrons. The number of amides is 2. The molecule has 2 amide bonds. The number of aromatic nitrogens is 2. The first kappa shape index (κ1) is 16.6. The van der Waals surface area contributed by atoms with Gasteiger partial charge in [-0.25, -0.2) is 15.8 Å². The Morgan fingerprint density at radius 3 is 2.10 bits per heavy atom. The fourth-order valence-corrected chi connectivity index (χ4v) is 1.60. The van der Waals surface area contributed by atoms with Gasteiger partial charge in [0.25, 0.3) is 0 Å². The van der Waals surface area contributed by atoms with Crippen molar-refractivity contribution in [2.24, 2.45) is 17.3 Å². The molecule has 0 fully saturated rings. The van der Waals surface area contributed by atoms with Crippen molar-refractivity contribution in [1.82, 2.24) is 9.97 Å². The van der Waals surface area contributed by atoms with Crippen LogP contribution in [0.25, 0.3) is 0 Å². The molecule has 0 saturated heterocycles. The van der Waals surface area contributed by atoms with Gasteiger partial charge in [0.1, 0.15) is 17.5 Å². The molecule has 9 heteroatoms. The highest BCUT2D eigenvalue weighted by Crippen LogP contribution is 2.23. The lowest BCUT2D eigenvalue weighted by Gasteiger charge is -2.24. The number of nitrogen functional groups attached to an aromatic ring is 1. The van der Waals surface area contributed by atoms with Gasteiger partial charge in [-0.05, 0) is 0 Å². The van der Waals surface area contributed by atoms with Gasteiger partial charge in [0, 0.05) is 11.5 Å². The van der Waals surface area contributed by atoms with E-state index in [1.807, 2.05) is 20.8 Å². The zero-order chi connectivity index (χ0) is 16.2. The number of hydrogen-bond acceptors (Lipinski definition) is 7. The maximum Gasteiger partial charge on any atom is 0.237 e. The molecule has 9 nitrogen and oxygen atoms in total. The molecule has 0 bridgehead atoms. The summed E-state index contributed by atoms with van der Waals surface area (Å²) in [6.07, 6.45) is 0. The van der Waals surface area contributed by atoms with E-state index in [2.05, 4.69) is 15.4 Å². The first-order valence-corrected chi connectivity index (χ1v) is 6.31. The summed E-state index contributed by atoms with van der Waals surface area (Å²) in [6, 6.07) is 1.52. The van der Waals surface area contributed by atoms with Crippen molar-refractivity contribution in [1.29, 1.82) is 0 Å². The molecule has 0 aliphatic carbocycles. The molecule has 0 aliphatic heterocycles. The van der Waals surface area contributed by atoms with Crippen LogP contribution in [0, 0.1) is 0 Å². The Morgan fingerprint density at radius 1 is 1.19 bits per heavy atom. The third-order valence-electron chi connectivity index (χ3n) is 2.55. The Labute approximate surface area is 122 Å². The molecule has 1 rings (SSSR count). The number of carbonyl (C=O) groups excluding carboxylic acids is 2. The SMILES string of the molecule is CC(C)(C)c1nc(NN)cc(N(CC(N)=O)CC(N)=O)n1. The number of nitrogens with zero attached hydrogens (tertiary/aromatic N) is 3. The Hall–Kier alpha value is -2.42. The van der Waals surface area contributed by atoms with Crippen molar-refractivity contribution < 1.29 is 9.59 Å². The van der Waals surface area contributed by atoms with Gasteiger partial charge >= 0.3 is 0 Å². The van der Waals surface area contributed by atoms with Crippen LogP contribution in [0.5, 0.6) is 0 Å². The summed E-state index contributed by atoms with van der Waals surface area (Å²) >= 11 is 0. The van der Waals surface area contributed by atoms with E-state index in [-0.39, 0.29) is 18.5 Å². The van der Waals surface area contributed by atoms with Gasteiger partial charge in [-0.3, -0.25) is 9.59 Å². The number of hydrogen-bond donors (Lipinski definition) is 4. The molecule has 1 aromatic rings. The van der Waals surface area contributed by atoms with Crippen LogP contribution in [-0.2, 0) is 15.0 Å². The van der Waals surface area contributed by atoms with E-state index in [0.29, 0.717) is 17.5 Å². The average molecular weight is 295 g/mol. The smallest absolute Gasteiger partial charge is 0.237 e. The number of nitrogens with two attached hydrogens (primary N) is 3. The fraction of sp³-hybridized carbons (Fsp3) is 0.500. The van der Waals surface area contributed by atoms with Crippen LogP contribution in [-0.4, -0.2) is 34.9 Å². The van der Waals surface area contributed by atoms with E-state index in [9.17, 15) is 9.59 Å². The van der Waals surface area contributed by atoms with Gasteiger partial charge < -0.3 is 21.8 Å². The molecule has 7 N–H and O–H groups in total. The molecule has 0 aromatic carbocycles. The second-order valence-corrected chi connectivity index (χ2v) is 5.62. The molecule has 0 aliphatic rings. The third kappa shape index (κ3) is 4.88. The van der Waals surface area contributed by atoms with Crippen molar-refractivity contribution in [3.63, 3.8) is 0 Å². The molecular weight excluding hydrogens is 274 g/mol. The standard InChI is InChI=1S/C12H21N7O2/c1-12(2,3)11-16-9(18-15)4-10(17-11)19(5-7(13)20)6-8(14)21/h4H,5-6,15H2,1-3H3,(H2,13,20)(H2,14,21)(H,16,17,18). The highest BCUT2D eigenvalue weighted by Gasteiger charge is 2.22. The van der Waals surface area contributed by atoms with Crippen LogP contribution in [0.15, 0.2) is 6.07 Å². The second kappa shape index (κ2) is 6.35. The lowest BCUT2D eigenvalue weighted by Crippen LogP contribution is -2.40. The lowest BCUT2D eigenvalue weighted by molar-refractivity contribution is -0.117. The Balaban J connectivity index is 3.28. The van der Waals surface area contributed by atoms with E-state index in [1.165, 1.54) is 11.0 Å². The van der Waals surface area contributed by atoms with E-state index in [0.717, 1.165) is 0 Å². The summed E-state index contributed by atoms with van der Waals surface area (Å²) < 4.78 is 0. The normalized spacial score (nSPS) is 11.0. The molecule has 0 unspecified atom stereocenters. The minimum absolute atomic E-state index is 0.187. The summed E-state index contributed by atoms with van der Waals surface area (Å²) in [6.45, 7) is 5.41. The van der Waals surface area contributed by atoms with Crippen LogP contribution in [0.3, 0.4) is 0 Å². The molecule has 21 heavy (non-hydrogen) atoms. The number of rotatable bonds is 6. The van der Waals surface area contributed by atoms with Crippen LogP contribution < -0.4 is 27.6 Å². The van der Waals surface area contributed by atoms with E-state index >= 15 is 0 Å². The monoisotopic (exact) mass is 295 g/mol. The molecule has 0 saturated carbocycles. The molecule has 0 atom stereocenters. The number of anilines is 2. The lowest BCUT2D eigenvalue weighted by atomic mass is 9.96. The van der Waals surface area contributed by atoms with E-state index < -0.39 is 11.8 Å². The minimum atomic E-state index is -0.602. The minimum Gasteiger partial charge on any atom is -0.368 e. The van der Waals surface area contributed by atoms with Crippen LogP contribution >= 0.6 is 0 Å². The van der Waals surface area contributed by atoms with Crippen molar-refractivity contribution in [2.45, 2.75) is 26.2 Å². The third-order valence-corrected chi connectivity index (χ3v) is 2.55. The highest BCUT2D eigenvalue weighted by atomic mass is 16.2. The zero-order valence-corrected chi connectivity index (χ0v) is 12.4. The summed E-state index contributed by atoms with van der Waals surface area (Å²) in [7, 11) is 0. The maximum atomic E-state index is 11.1. The zero-order valence-electron chi connectivity index (χ0n) is 12.4. The van der Waals surface area contributed by atoms with Gasteiger partial charge in [0.15, 0.2) is 0 Å². The largest absolute Gasteiger partial charge is 0.368 e. The van der Waals surface area contributed by atoms with Crippen LogP contribution in [0.2, 0.25) is 0 Å². The van der Waals surface area contributed by atoms with Crippen molar-refractivity contribution in [2.75, 3.05) is 23.4 Å². The van der Waals surface area contributed by atoms with Crippen LogP contribution in [0.4, 0.5) is 11.6 Å². The van der Waals surface area contributed by atoms with Gasteiger partial charge in [-0.1, -0.05) is 20.8 Å². The Kier molecular flexibility index (Phi) is 5.03. The summed E-state index contributed by atoms with van der Waals surface area (Å²) in [4.78, 5) is 32.3. The quantitative estimate of drug-likeness (QED) is 0.381. The number of primary amides is 2. The van der Waals surface area contributed by atoms with Gasteiger partial charge in [-0.15, -0.1) is 0 Å². The first-order valence-electron chi connectivity index (χ1n) is 6.31. The molecule has 0 spiro atoms. The fourth-order valence-electron chi connectivity index (χ4n) is 1.60.